The van der Waals surface area contributed by atoms with Gasteiger partial charge in [0.25, 0.3) is 0 Å². The molecule has 0 aliphatic carbocycles. The van der Waals surface area contributed by atoms with Gasteiger partial charge in [-0.05, 0) is 55.5 Å². The van der Waals surface area contributed by atoms with Gasteiger partial charge in [-0.3, -0.25) is 0 Å². The minimum absolute atomic E-state index is 0.423. The third-order valence-corrected chi connectivity index (χ3v) is 3.73. The molecule has 0 spiro atoms. The van der Waals surface area contributed by atoms with Crippen molar-refractivity contribution in [1.82, 2.24) is 0 Å². The molecule has 0 radical (unpaired) electrons. The van der Waals surface area contributed by atoms with Gasteiger partial charge in [0.15, 0.2) is 21.9 Å². The molecule has 8 heteroatoms. The van der Waals surface area contributed by atoms with Gasteiger partial charge in [0.1, 0.15) is 17.2 Å². The predicted molar refractivity (Wildman–Crippen MR) is 93.9 cm³/mol. The number of halogens is 1. The molecule has 134 valence electrons. The second-order valence-corrected chi connectivity index (χ2v) is 7.82. The molecule has 0 fully saturated rings. The van der Waals surface area contributed by atoms with E-state index < -0.39 is 27.8 Å². The number of hydrogen-bond donors (Lipinski definition) is 0. The molecule has 25 heavy (non-hydrogen) atoms. The second-order valence-electron chi connectivity index (χ2n) is 5.29. The van der Waals surface area contributed by atoms with Crippen LogP contribution in [-0.4, -0.2) is 32.7 Å². The first-order chi connectivity index (χ1) is 11.7. The molecule has 1 atom stereocenters. The number of carbonyl (C=O) groups is 1. The van der Waals surface area contributed by atoms with Crippen molar-refractivity contribution in [3.8, 4) is 17.2 Å². The summed E-state index contributed by atoms with van der Waals surface area (Å²) in [5.74, 6) is 0.213. The molecule has 0 saturated heterocycles. The summed E-state index contributed by atoms with van der Waals surface area (Å²) in [7, 11) is -3.39. The topological polar surface area (TPSA) is 78.9 Å². The van der Waals surface area contributed by atoms with Gasteiger partial charge in [0, 0.05) is 11.3 Å². The zero-order chi connectivity index (χ0) is 18.4. The van der Waals surface area contributed by atoms with Crippen molar-refractivity contribution in [3.63, 3.8) is 0 Å². The molecule has 0 amide bonds. The van der Waals surface area contributed by atoms with Gasteiger partial charge in [0.2, 0.25) is 0 Å². The maximum absolute atomic E-state index is 11.7. The maximum atomic E-state index is 11.7. The molecule has 0 aliphatic heterocycles. The van der Waals surface area contributed by atoms with E-state index >= 15 is 0 Å². The highest BCUT2D eigenvalue weighted by atomic mass is 35.5. The van der Waals surface area contributed by atoms with Crippen LogP contribution >= 0.6 is 11.6 Å². The van der Waals surface area contributed by atoms with Crippen molar-refractivity contribution in [3.05, 3.63) is 53.6 Å². The molecule has 6 nitrogen and oxygen atoms in total. The first-order valence-electron chi connectivity index (χ1n) is 7.27. The monoisotopic (exact) mass is 384 g/mol. The molecule has 0 bridgehead atoms. The highest BCUT2D eigenvalue weighted by Gasteiger charge is 2.18. The first-order valence-corrected chi connectivity index (χ1v) is 9.71. The Morgan fingerprint density at radius 3 is 2.00 bits per heavy atom. The molecule has 2 aromatic carbocycles. The van der Waals surface area contributed by atoms with Gasteiger partial charge in [0.05, 0.1) is 0 Å². The lowest BCUT2D eigenvalue weighted by Gasteiger charge is -2.14. The number of benzene rings is 2. The van der Waals surface area contributed by atoms with Gasteiger partial charge in [-0.1, -0.05) is 11.6 Å². The third-order valence-electron chi connectivity index (χ3n) is 2.93. The smallest absolute Gasteiger partial charge is 0.348 e. The number of carbonyl (C=O) groups excluding carboxylic acids is 1. The summed E-state index contributed by atoms with van der Waals surface area (Å²) < 4.78 is 37.7. The van der Waals surface area contributed by atoms with Crippen LogP contribution in [0, 0.1) is 0 Å². The minimum Gasteiger partial charge on any atom is -0.479 e. The summed E-state index contributed by atoms with van der Waals surface area (Å²) in [5.41, 5.74) is 0. The number of hydrogen-bond acceptors (Lipinski definition) is 6. The molecule has 2 aromatic rings. The summed E-state index contributed by atoms with van der Waals surface area (Å²) >= 11 is 5.81. The fourth-order valence-corrected chi connectivity index (χ4v) is 2.22. The predicted octanol–water partition coefficient (Wildman–Crippen LogP) is 3.44. The van der Waals surface area contributed by atoms with Gasteiger partial charge in [-0.25, -0.2) is 13.2 Å². The SMILES string of the molecule is CC(Oc1ccc(Oc2ccc(Cl)cc2)cc1)C(=O)OCS(C)(=O)=O. The Labute approximate surface area is 151 Å². The van der Waals surface area contributed by atoms with Gasteiger partial charge in [-0.15, -0.1) is 0 Å². The van der Waals surface area contributed by atoms with E-state index in [1.54, 1.807) is 48.5 Å². The van der Waals surface area contributed by atoms with Crippen molar-refractivity contribution in [2.45, 2.75) is 13.0 Å². The number of rotatable bonds is 7. The molecule has 0 aromatic heterocycles. The highest BCUT2D eigenvalue weighted by molar-refractivity contribution is 7.90. The highest BCUT2D eigenvalue weighted by Crippen LogP contribution is 2.25. The van der Waals surface area contributed by atoms with Crippen LogP contribution in [-0.2, 0) is 19.4 Å². The Kier molecular flexibility index (Phi) is 6.27. The Balaban J connectivity index is 1.91. The largest absolute Gasteiger partial charge is 0.479 e. The van der Waals surface area contributed by atoms with E-state index in [0.29, 0.717) is 22.3 Å². The molecule has 0 aliphatic rings. The van der Waals surface area contributed by atoms with Crippen LogP contribution in [0.15, 0.2) is 48.5 Å². The Morgan fingerprint density at radius 2 is 1.48 bits per heavy atom. The molecular weight excluding hydrogens is 368 g/mol. The maximum Gasteiger partial charge on any atom is 0.348 e. The van der Waals surface area contributed by atoms with Crippen molar-refractivity contribution < 1.29 is 27.4 Å². The fourth-order valence-electron chi connectivity index (χ4n) is 1.76. The van der Waals surface area contributed by atoms with Crippen LogP contribution in [0.25, 0.3) is 0 Å². The van der Waals surface area contributed by atoms with E-state index in [1.165, 1.54) is 6.92 Å². The number of sulfone groups is 1. The lowest BCUT2D eigenvalue weighted by atomic mass is 10.3. The fraction of sp³-hybridized carbons (Fsp3) is 0.235. The van der Waals surface area contributed by atoms with Crippen LogP contribution in [0.2, 0.25) is 5.02 Å². The number of esters is 1. The average molecular weight is 385 g/mol. The van der Waals surface area contributed by atoms with Gasteiger partial charge < -0.3 is 14.2 Å². The van der Waals surface area contributed by atoms with E-state index in [2.05, 4.69) is 4.74 Å². The van der Waals surface area contributed by atoms with E-state index in [9.17, 15) is 13.2 Å². The summed E-state index contributed by atoms with van der Waals surface area (Å²) in [6, 6.07) is 13.5. The van der Waals surface area contributed by atoms with Crippen LogP contribution in [0.4, 0.5) is 0 Å². The summed E-state index contributed by atoms with van der Waals surface area (Å²) in [5, 5.41) is 0.618. The zero-order valence-electron chi connectivity index (χ0n) is 13.6. The third kappa shape index (κ3) is 6.64. The Bertz CT molecular complexity index is 815. The molecule has 2 rings (SSSR count). The normalized spacial score (nSPS) is 12.3. The van der Waals surface area contributed by atoms with Crippen molar-refractivity contribution in [2.75, 3.05) is 12.2 Å². The molecule has 0 saturated carbocycles. The lowest BCUT2D eigenvalue weighted by Crippen LogP contribution is -2.27. The molecule has 0 heterocycles. The molecule has 0 N–H and O–H groups in total. The minimum atomic E-state index is -3.39. The molecular formula is C17H17ClO6S. The van der Waals surface area contributed by atoms with Crippen molar-refractivity contribution in [2.24, 2.45) is 0 Å². The van der Waals surface area contributed by atoms with Crippen LogP contribution < -0.4 is 9.47 Å². The lowest BCUT2D eigenvalue weighted by molar-refractivity contribution is -0.148. The van der Waals surface area contributed by atoms with Crippen LogP contribution in [0.3, 0.4) is 0 Å². The summed E-state index contributed by atoms with van der Waals surface area (Å²) in [4.78, 5) is 11.7. The van der Waals surface area contributed by atoms with Gasteiger partial charge >= 0.3 is 5.97 Å². The second kappa shape index (κ2) is 8.22. The van der Waals surface area contributed by atoms with E-state index in [1.807, 2.05) is 0 Å². The standard InChI is InChI=1S/C17H17ClO6S/c1-12(17(19)22-11-25(2,20)21)23-14-7-9-16(10-8-14)24-15-5-3-13(18)4-6-15/h3-10,12H,11H2,1-2H3. The zero-order valence-corrected chi connectivity index (χ0v) is 15.2. The Morgan fingerprint density at radius 1 is 1.00 bits per heavy atom. The quantitative estimate of drug-likeness (QED) is 0.680. The summed E-state index contributed by atoms with van der Waals surface area (Å²) in [6.45, 7) is 1.47. The van der Waals surface area contributed by atoms with E-state index in [0.717, 1.165) is 6.26 Å². The number of ether oxygens (including phenoxy) is 3. The van der Waals surface area contributed by atoms with Crippen molar-refractivity contribution >= 4 is 27.4 Å². The Hall–Kier alpha value is -2.25. The average Bonchev–Trinajstić information content (AvgIpc) is 2.56. The van der Waals surface area contributed by atoms with E-state index in [4.69, 9.17) is 21.1 Å². The first kappa shape index (κ1) is 19.1. The van der Waals surface area contributed by atoms with Gasteiger partial charge in [-0.2, -0.15) is 0 Å². The van der Waals surface area contributed by atoms with Crippen LogP contribution in [0.5, 0.6) is 17.2 Å². The summed E-state index contributed by atoms with van der Waals surface area (Å²) in [6.07, 6.45) is 0.0374. The molecule has 1 unspecified atom stereocenters. The van der Waals surface area contributed by atoms with E-state index in [-0.39, 0.29) is 0 Å². The van der Waals surface area contributed by atoms with Crippen molar-refractivity contribution in [1.29, 1.82) is 0 Å². The van der Waals surface area contributed by atoms with Crippen LogP contribution in [0.1, 0.15) is 6.92 Å².